The predicted molar refractivity (Wildman–Crippen MR) is 115 cm³/mol. The van der Waals surface area contributed by atoms with Crippen LogP contribution in [0.4, 0.5) is 0 Å². The van der Waals surface area contributed by atoms with Crippen molar-refractivity contribution in [3.63, 3.8) is 0 Å². The minimum absolute atomic E-state index is 0.00667. The topological polar surface area (TPSA) is 86.9 Å². The highest BCUT2D eigenvalue weighted by molar-refractivity contribution is 5.97. The standard InChI is InChI=1S/C24H25N3O4/c28-20-13-24(16-27(15-20)23(30)19-2-1-8-25-14-19)6-9-26(10-7-24)22(29)18-4-3-17-5-11-31-21(17)12-18/h1-5,8,11-12,14,20,28H,6-7,9-10,13,15-16H2. The lowest BCUT2D eigenvalue weighted by molar-refractivity contribution is -0.0299. The van der Waals surface area contributed by atoms with Crippen molar-refractivity contribution in [2.75, 3.05) is 26.2 Å². The summed E-state index contributed by atoms with van der Waals surface area (Å²) in [5, 5.41) is 11.5. The molecule has 7 heteroatoms. The normalized spacial score (nSPS) is 20.9. The van der Waals surface area contributed by atoms with Crippen molar-refractivity contribution in [2.24, 2.45) is 5.41 Å². The molecule has 2 amide bonds. The number of β-amino-alcohol motifs (C(OH)–C–C–N with tert-alkyl or cyclic N) is 1. The first-order valence-corrected chi connectivity index (χ1v) is 10.7. The van der Waals surface area contributed by atoms with Crippen LogP contribution in [-0.4, -0.2) is 64.0 Å². The number of aromatic nitrogens is 1. The van der Waals surface area contributed by atoms with Crippen LogP contribution in [0.5, 0.6) is 0 Å². The fourth-order valence-corrected chi connectivity index (χ4v) is 5.00. The summed E-state index contributed by atoms with van der Waals surface area (Å²) < 4.78 is 5.43. The number of pyridine rings is 1. The van der Waals surface area contributed by atoms with Crippen molar-refractivity contribution in [1.82, 2.24) is 14.8 Å². The third-order valence-corrected chi connectivity index (χ3v) is 6.64. The summed E-state index contributed by atoms with van der Waals surface area (Å²) in [6, 6.07) is 10.9. The first-order chi connectivity index (χ1) is 15.0. The van der Waals surface area contributed by atoms with E-state index in [-0.39, 0.29) is 17.2 Å². The molecule has 31 heavy (non-hydrogen) atoms. The fraction of sp³-hybridized carbons (Fsp3) is 0.375. The average molecular weight is 419 g/mol. The van der Waals surface area contributed by atoms with Crippen LogP contribution in [0.3, 0.4) is 0 Å². The van der Waals surface area contributed by atoms with Crippen molar-refractivity contribution in [1.29, 1.82) is 0 Å². The largest absolute Gasteiger partial charge is 0.464 e. The Balaban J connectivity index is 1.28. The van der Waals surface area contributed by atoms with Crippen LogP contribution in [-0.2, 0) is 0 Å². The zero-order chi connectivity index (χ0) is 21.4. The monoisotopic (exact) mass is 419 g/mol. The molecule has 7 nitrogen and oxygen atoms in total. The maximum Gasteiger partial charge on any atom is 0.255 e. The summed E-state index contributed by atoms with van der Waals surface area (Å²) in [5.74, 6) is -0.107. The second-order valence-electron chi connectivity index (χ2n) is 8.75. The van der Waals surface area contributed by atoms with E-state index in [9.17, 15) is 14.7 Å². The van der Waals surface area contributed by atoms with Gasteiger partial charge in [0.05, 0.1) is 17.9 Å². The van der Waals surface area contributed by atoms with Crippen LogP contribution in [0.25, 0.3) is 11.0 Å². The van der Waals surface area contributed by atoms with Gasteiger partial charge in [0.15, 0.2) is 0 Å². The molecule has 0 saturated carbocycles. The Hall–Kier alpha value is -3.19. The van der Waals surface area contributed by atoms with Gasteiger partial charge in [-0.3, -0.25) is 14.6 Å². The molecular weight excluding hydrogens is 394 g/mol. The van der Waals surface area contributed by atoms with Crippen molar-refractivity contribution in [2.45, 2.75) is 25.4 Å². The molecule has 0 aliphatic carbocycles. The lowest BCUT2D eigenvalue weighted by atomic mass is 9.71. The second-order valence-corrected chi connectivity index (χ2v) is 8.75. The molecule has 1 atom stereocenters. The highest BCUT2D eigenvalue weighted by atomic mass is 16.3. The summed E-state index contributed by atoms with van der Waals surface area (Å²) in [6.45, 7) is 2.15. The molecule has 2 fully saturated rings. The number of likely N-dealkylation sites (tertiary alicyclic amines) is 2. The Kier molecular flexibility index (Phi) is 4.98. The molecule has 1 aromatic carbocycles. The summed E-state index contributed by atoms with van der Waals surface area (Å²) in [4.78, 5) is 33.6. The molecule has 160 valence electrons. The van der Waals surface area contributed by atoms with Gasteiger partial charge in [0.1, 0.15) is 5.58 Å². The lowest BCUT2D eigenvalue weighted by Gasteiger charge is -2.49. The van der Waals surface area contributed by atoms with Crippen LogP contribution in [0.15, 0.2) is 59.5 Å². The molecule has 2 aliphatic rings. The summed E-state index contributed by atoms with van der Waals surface area (Å²) >= 11 is 0. The zero-order valence-electron chi connectivity index (χ0n) is 17.2. The smallest absolute Gasteiger partial charge is 0.255 e. The Morgan fingerprint density at radius 2 is 1.87 bits per heavy atom. The number of benzene rings is 1. The number of amides is 2. The van der Waals surface area contributed by atoms with E-state index < -0.39 is 6.10 Å². The van der Waals surface area contributed by atoms with Gasteiger partial charge in [0.2, 0.25) is 0 Å². The summed E-state index contributed by atoms with van der Waals surface area (Å²) in [5.41, 5.74) is 1.69. The van der Waals surface area contributed by atoms with Crippen LogP contribution in [0.2, 0.25) is 0 Å². The minimum atomic E-state index is -0.557. The van der Waals surface area contributed by atoms with Crippen molar-refractivity contribution >= 4 is 22.8 Å². The van der Waals surface area contributed by atoms with Gasteiger partial charge in [-0.05, 0) is 55.0 Å². The third-order valence-electron chi connectivity index (χ3n) is 6.64. The molecule has 4 heterocycles. The van der Waals surface area contributed by atoms with Gasteiger partial charge < -0.3 is 19.3 Å². The van der Waals surface area contributed by atoms with Crippen molar-refractivity contribution in [3.8, 4) is 0 Å². The third kappa shape index (κ3) is 3.81. The van der Waals surface area contributed by atoms with E-state index in [1.165, 1.54) is 0 Å². The molecule has 0 radical (unpaired) electrons. The average Bonchev–Trinajstić information content (AvgIpc) is 3.27. The van der Waals surface area contributed by atoms with E-state index in [0.717, 1.165) is 18.2 Å². The number of fused-ring (bicyclic) bond motifs is 1. The molecule has 1 spiro atoms. The summed E-state index contributed by atoms with van der Waals surface area (Å²) in [7, 11) is 0. The number of carbonyl (C=O) groups is 2. The van der Waals surface area contributed by atoms with Crippen LogP contribution < -0.4 is 0 Å². The Labute approximate surface area is 180 Å². The summed E-state index contributed by atoms with van der Waals surface area (Å²) in [6.07, 6.45) is 6.44. The van der Waals surface area contributed by atoms with E-state index in [4.69, 9.17) is 4.42 Å². The first-order valence-electron chi connectivity index (χ1n) is 10.7. The van der Waals surface area contributed by atoms with Crippen LogP contribution >= 0.6 is 0 Å². The van der Waals surface area contributed by atoms with Gasteiger partial charge in [0.25, 0.3) is 11.8 Å². The van der Waals surface area contributed by atoms with Gasteiger partial charge in [-0.15, -0.1) is 0 Å². The zero-order valence-corrected chi connectivity index (χ0v) is 17.2. The van der Waals surface area contributed by atoms with Gasteiger partial charge in [-0.2, -0.15) is 0 Å². The van der Waals surface area contributed by atoms with Gasteiger partial charge in [0, 0.05) is 49.5 Å². The first kappa shape index (κ1) is 19.8. The van der Waals surface area contributed by atoms with Gasteiger partial charge >= 0.3 is 0 Å². The van der Waals surface area contributed by atoms with Crippen molar-refractivity contribution < 1.29 is 19.1 Å². The maximum atomic E-state index is 13.0. The molecular formula is C24H25N3O4. The lowest BCUT2D eigenvalue weighted by Crippen LogP contribution is -2.55. The Morgan fingerprint density at radius 1 is 1.06 bits per heavy atom. The molecule has 2 aliphatic heterocycles. The Bertz CT molecular complexity index is 1100. The van der Waals surface area contributed by atoms with E-state index in [1.54, 1.807) is 41.8 Å². The number of aliphatic hydroxyl groups excluding tert-OH is 1. The molecule has 1 N–H and O–H groups in total. The van der Waals surface area contributed by atoms with Gasteiger partial charge in [-0.25, -0.2) is 0 Å². The molecule has 2 aromatic heterocycles. The van der Waals surface area contributed by atoms with E-state index >= 15 is 0 Å². The number of rotatable bonds is 2. The second kappa shape index (κ2) is 7.81. The fourth-order valence-electron chi connectivity index (χ4n) is 5.00. The number of piperidine rings is 2. The number of hydrogen-bond acceptors (Lipinski definition) is 5. The molecule has 1 unspecified atom stereocenters. The van der Waals surface area contributed by atoms with E-state index in [2.05, 4.69) is 4.98 Å². The Morgan fingerprint density at radius 3 is 2.65 bits per heavy atom. The van der Waals surface area contributed by atoms with E-state index in [1.807, 2.05) is 23.1 Å². The number of nitrogens with zero attached hydrogens (tertiary/aromatic N) is 3. The van der Waals surface area contributed by atoms with E-state index in [0.29, 0.717) is 49.3 Å². The number of hydrogen-bond donors (Lipinski definition) is 1. The predicted octanol–water partition coefficient (Wildman–Crippen LogP) is 2.96. The van der Waals surface area contributed by atoms with Crippen LogP contribution in [0.1, 0.15) is 40.0 Å². The minimum Gasteiger partial charge on any atom is -0.464 e. The number of aliphatic hydroxyl groups is 1. The van der Waals surface area contributed by atoms with Gasteiger partial charge in [-0.1, -0.05) is 6.07 Å². The number of furan rings is 1. The number of carbonyl (C=O) groups excluding carboxylic acids is 2. The molecule has 2 saturated heterocycles. The highest BCUT2D eigenvalue weighted by Crippen LogP contribution is 2.40. The SMILES string of the molecule is O=C(c1ccc2ccoc2c1)N1CCC2(CC1)CC(O)CN(C(=O)c1cccnc1)C2. The highest BCUT2D eigenvalue weighted by Gasteiger charge is 2.43. The molecule has 5 rings (SSSR count). The van der Waals surface area contributed by atoms with Crippen molar-refractivity contribution in [3.05, 3.63) is 66.2 Å². The molecule has 0 bridgehead atoms. The quantitative estimate of drug-likeness (QED) is 0.690. The molecule has 3 aromatic rings. The van der Waals surface area contributed by atoms with Crippen LogP contribution in [0, 0.1) is 5.41 Å². The maximum absolute atomic E-state index is 13.0.